The zero-order chi connectivity index (χ0) is 13.1. The van der Waals surface area contributed by atoms with Crippen molar-refractivity contribution in [1.29, 1.82) is 0 Å². The fourth-order valence-electron chi connectivity index (χ4n) is 1.34. The van der Waals surface area contributed by atoms with Crippen LogP contribution in [0.25, 0.3) is 0 Å². The monoisotopic (exact) mass is 282 g/mol. The van der Waals surface area contributed by atoms with Crippen LogP contribution in [0.3, 0.4) is 0 Å². The molecule has 0 spiro atoms. The molecule has 5 nitrogen and oxygen atoms in total. The summed E-state index contributed by atoms with van der Waals surface area (Å²) < 4.78 is 0. The lowest BCUT2D eigenvalue weighted by Gasteiger charge is -2.10. The van der Waals surface area contributed by atoms with E-state index in [4.69, 9.17) is 11.6 Å². The second-order valence-electron chi connectivity index (χ2n) is 3.75. The maximum atomic E-state index is 11.9. The Morgan fingerprint density at radius 3 is 2.78 bits per heavy atom. The second kappa shape index (κ2) is 5.41. The van der Waals surface area contributed by atoms with Crippen molar-refractivity contribution in [1.82, 2.24) is 20.5 Å². The van der Waals surface area contributed by atoms with E-state index in [0.29, 0.717) is 0 Å². The van der Waals surface area contributed by atoms with Gasteiger partial charge < -0.3 is 5.32 Å². The van der Waals surface area contributed by atoms with E-state index < -0.39 is 0 Å². The third-order valence-corrected chi connectivity index (χ3v) is 3.52. The first-order valence-corrected chi connectivity index (χ1v) is 6.48. The summed E-state index contributed by atoms with van der Waals surface area (Å²) in [6.45, 7) is 3.85. The van der Waals surface area contributed by atoms with Gasteiger partial charge in [-0.3, -0.25) is 4.79 Å². The van der Waals surface area contributed by atoms with Crippen LogP contribution in [0, 0.1) is 6.92 Å². The molecule has 1 unspecified atom stereocenters. The maximum absolute atomic E-state index is 11.9. The van der Waals surface area contributed by atoms with Crippen molar-refractivity contribution in [2.45, 2.75) is 19.9 Å². The number of nitrogens with one attached hydrogen (secondary N) is 1. The third-order valence-electron chi connectivity index (χ3n) is 2.22. The van der Waals surface area contributed by atoms with E-state index in [2.05, 4.69) is 20.5 Å². The van der Waals surface area contributed by atoms with Crippen molar-refractivity contribution in [3.05, 3.63) is 39.1 Å². The topological polar surface area (TPSA) is 67.8 Å². The first-order valence-electron chi connectivity index (χ1n) is 5.28. The van der Waals surface area contributed by atoms with Crippen molar-refractivity contribution in [2.75, 3.05) is 0 Å². The first kappa shape index (κ1) is 12.9. The molecule has 18 heavy (non-hydrogen) atoms. The standard InChI is InChI=1S/C11H11ClN4OS/c1-6-5-13-11(18-6)7(2)14-10(17)8-3-4-9(12)16-15-8/h3-5,7H,1-2H3,(H,14,17). The van der Waals surface area contributed by atoms with Crippen molar-refractivity contribution in [3.63, 3.8) is 0 Å². The van der Waals surface area contributed by atoms with Gasteiger partial charge in [-0.2, -0.15) is 0 Å². The van der Waals surface area contributed by atoms with E-state index in [-0.39, 0.29) is 22.8 Å². The molecule has 2 rings (SSSR count). The summed E-state index contributed by atoms with van der Waals surface area (Å²) in [6, 6.07) is 2.90. The number of halogens is 1. The largest absolute Gasteiger partial charge is 0.342 e. The summed E-state index contributed by atoms with van der Waals surface area (Å²) in [5.74, 6) is -0.292. The number of rotatable bonds is 3. The zero-order valence-electron chi connectivity index (χ0n) is 9.85. The van der Waals surface area contributed by atoms with Crippen LogP contribution in [-0.2, 0) is 0 Å². The molecule has 0 saturated heterocycles. The average molecular weight is 283 g/mol. The van der Waals surface area contributed by atoms with Gasteiger partial charge in [0, 0.05) is 11.1 Å². The molecule has 0 aliphatic rings. The second-order valence-corrected chi connectivity index (χ2v) is 5.40. The Bertz CT molecular complexity index is 554. The molecular formula is C11H11ClN4OS. The summed E-state index contributed by atoms with van der Waals surface area (Å²) in [6.07, 6.45) is 1.78. The van der Waals surface area contributed by atoms with Gasteiger partial charge in [0.25, 0.3) is 5.91 Å². The number of nitrogens with zero attached hydrogens (tertiary/aromatic N) is 3. The number of carbonyl (C=O) groups is 1. The van der Waals surface area contributed by atoms with E-state index in [0.717, 1.165) is 9.88 Å². The summed E-state index contributed by atoms with van der Waals surface area (Å²) in [7, 11) is 0. The molecule has 0 radical (unpaired) electrons. The Morgan fingerprint density at radius 1 is 1.44 bits per heavy atom. The van der Waals surface area contributed by atoms with Gasteiger partial charge in [-0.15, -0.1) is 21.5 Å². The highest BCUT2D eigenvalue weighted by atomic mass is 35.5. The number of thiazole rings is 1. The molecule has 7 heteroatoms. The fourth-order valence-corrected chi connectivity index (χ4v) is 2.22. The van der Waals surface area contributed by atoms with Gasteiger partial charge in [0.2, 0.25) is 0 Å². The van der Waals surface area contributed by atoms with Crippen molar-refractivity contribution < 1.29 is 4.79 Å². The SMILES string of the molecule is Cc1cnc(C(C)NC(=O)c2ccc(Cl)nn2)s1. The van der Waals surface area contributed by atoms with Crippen LogP contribution >= 0.6 is 22.9 Å². The van der Waals surface area contributed by atoms with Gasteiger partial charge in [0.05, 0.1) is 6.04 Å². The molecule has 0 aliphatic heterocycles. The van der Waals surface area contributed by atoms with Gasteiger partial charge in [0.15, 0.2) is 10.8 Å². The Labute approximate surface area is 113 Å². The van der Waals surface area contributed by atoms with Crippen LogP contribution in [0.15, 0.2) is 18.3 Å². The number of aryl methyl sites for hydroxylation is 1. The third kappa shape index (κ3) is 3.02. The Morgan fingerprint density at radius 2 is 2.22 bits per heavy atom. The Kier molecular flexibility index (Phi) is 3.88. The lowest BCUT2D eigenvalue weighted by molar-refractivity contribution is 0.0933. The molecule has 1 N–H and O–H groups in total. The van der Waals surface area contributed by atoms with Gasteiger partial charge in [-0.25, -0.2) is 4.98 Å². The van der Waals surface area contributed by atoms with Crippen LogP contribution in [-0.4, -0.2) is 21.1 Å². The van der Waals surface area contributed by atoms with Crippen LogP contribution in [0.5, 0.6) is 0 Å². The average Bonchev–Trinajstić information content (AvgIpc) is 2.76. The molecular weight excluding hydrogens is 272 g/mol. The van der Waals surface area contributed by atoms with Gasteiger partial charge in [0.1, 0.15) is 5.01 Å². The minimum absolute atomic E-state index is 0.159. The molecule has 0 aromatic carbocycles. The van der Waals surface area contributed by atoms with Gasteiger partial charge in [-0.1, -0.05) is 11.6 Å². The van der Waals surface area contributed by atoms with E-state index in [1.807, 2.05) is 13.8 Å². The Balaban J connectivity index is 2.05. The highest BCUT2D eigenvalue weighted by Crippen LogP contribution is 2.19. The lowest BCUT2D eigenvalue weighted by atomic mass is 10.3. The summed E-state index contributed by atoms with van der Waals surface area (Å²) in [5.41, 5.74) is 0.236. The summed E-state index contributed by atoms with van der Waals surface area (Å²) in [5, 5.41) is 11.3. The van der Waals surface area contributed by atoms with Gasteiger partial charge >= 0.3 is 0 Å². The highest BCUT2D eigenvalue weighted by molar-refractivity contribution is 7.11. The van der Waals surface area contributed by atoms with E-state index in [1.54, 1.807) is 17.5 Å². The molecule has 2 aromatic rings. The molecule has 0 bridgehead atoms. The van der Waals surface area contributed by atoms with E-state index in [1.165, 1.54) is 12.1 Å². The molecule has 2 heterocycles. The molecule has 0 aliphatic carbocycles. The fraction of sp³-hybridized carbons (Fsp3) is 0.273. The highest BCUT2D eigenvalue weighted by Gasteiger charge is 2.15. The minimum Gasteiger partial charge on any atom is -0.342 e. The predicted octanol–water partition coefficient (Wildman–Crippen LogP) is 2.39. The lowest BCUT2D eigenvalue weighted by Crippen LogP contribution is -2.27. The van der Waals surface area contributed by atoms with Crippen LogP contribution in [0.1, 0.15) is 33.3 Å². The number of carbonyl (C=O) groups excluding carboxylic acids is 1. The molecule has 1 amide bonds. The molecule has 2 aromatic heterocycles. The van der Waals surface area contributed by atoms with Crippen LogP contribution < -0.4 is 5.32 Å². The summed E-state index contributed by atoms with van der Waals surface area (Å²) >= 11 is 7.16. The smallest absolute Gasteiger partial charge is 0.272 e. The molecule has 0 fully saturated rings. The van der Waals surface area contributed by atoms with E-state index >= 15 is 0 Å². The normalized spacial score (nSPS) is 12.2. The van der Waals surface area contributed by atoms with Crippen molar-refractivity contribution in [3.8, 4) is 0 Å². The summed E-state index contributed by atoms with van der Waals surface area (Å²) in [4.78, 5) is 17.2. The first-order chi connectivity index (χ1) is 8.56. The van der Waals surface area contributed by atoms with Crippen molar-refractivity contribution >= 4 is 28.8 Å². The number of amides is 1. The Hall–Kier alpha value is -1.53. The van der Waals surface area contributed by atoms with Gasteiger partial charge in [-0.05, 0) is 26.0 Å². The number of aromatic nitrogens is 3. The molecule has 1 atom stereocenters. The zero-order valence-corrected chi connectivity index (χ0v) is 11.4. The number of hydrogen-bond acceptors (Lipinski definition) is 5. The molecule has 94 valence electrons. The quantitative estimate of drug-likeness (QED) is 0.938. The molecule has 0 saturated carbocycles. The predicted molar refractivity (Wildman–Crippen MR) is 69.8 cm³/mol. The number of hydrogen-bond donors (Lipinski definition) is 1. The van der Waals surface area contributed by atoms with Crippen molar-refractivity contribution in [2.24, 2.45) is 0 Å². The maximum Gasteiger partial charge on any atom is 0.272 e. The minimum atomic E-state index is -0.292. The van der Waals surface area contributed by atoms with Crippen LogP contribution in [0.2, 0.25) is 5.15 Å². The van der Waals surface area contributed by atoms with E-state index in [9.17, 15) is 4.79 Å². The van der Waals surface area contributed by atoms with Crippen LogP contribution in [0.4, 0.5) is 0 Å².